The molecule has 0 aliphatic rings. The van der Waals surface area contributed by atoms with Crippen molar-refractivity contribution in [1.29, 1.82) is 5.26 Å². The zero-order chi connectivity index (χ0) is 17.6. The summed E-state index contributed by atoms with van der Waals surface area (Å²) in [5.41, 5.74) is 2.24. The molecular weight excluding hydrogens is 324 g/mol. The number of hydrogen-bond donors (Lipinski definition) is 1. The molecule has 126 valence electrons. The van der Waals surface area contributed by atoms with E-state index < -0.39 is 10.0 Å². The summed E-state index contributed by atoms with van der Waals surface area (Å²) >= 11 is 0. The van der Waals surface area contributed by atoms with Crippen LogP contribution >= 0.6 is 0 Å². The van der Waals surface area contributed by atoms with E-state index in [9.17, 15) is 8.42 Å². The van der Waals surface area contributed by atoms with E-state index in [0.717, 1.165) is 11.1 Å². The van der Waals surface area contributed by atoms with Crippen molar-refractivity contribution < 1.29 is 13.2 Å². The average molecular weight is 344 g/mol. The Bertz CT molecular complexity index is 822. The molecular formula is C18H20N2O3S. The third-order valence-corrected chi connectivity index (χ3v) is 4.85. The first kappa shape index (κ1) is 18.1. The summed E-state index contributed by atoms with van der Waals surface area (Å²) in [5.74, 6) is 0. The van der Waals surface area contributed by atoms with Crippen LogP contribution in [0.15, 0.2) is 53.4 Å². The molecule has 0 saturated carbocycles. The Kier molecular flexibility index (Phi) is 6.10. The van der Waals surface area contributed by atoms with E-state index in [1.807, 2.05) is 44.2 Å². The summed E-state index contributed by atoms with van der Waals surface area (Å²) in [7, 11) is -3.63. The van der Waals surface area contributed by atoms with Gasteiger partial charge in [0.25, 0.3) is 0 Å². The number of benzene rings is 2. The van der Waals surface area contributed by atoms with Gasteiger partial charge in [-0.1, -0.05) is 24.3 Å². The number of sulfonamides is 1. The third-order valence-electron chi connectivity index (χ3n) is 3.44. The predicted octanol–water partition coefficient (Wildman–Crippen LogP) is 2.96. The molecule has 0 aliphatic heterocycles. The molecule has 0 heterocycles. The second kappa shape index (κ2) is 8.06. The molecule has 2 aromatic rings. The molecule has 2 rings (SSSR count). The zero-order valence-corrected chi connectivity index (χ0v) is 14.5. The van der Waals surface area contributed by atoms with Crippen molar-refractivity contribution in [3.05, 3.63) is 65.2 Å². The Labute approximate surface area is 142 Å². The molecule has 0 bridgehead atoms. The summed E-state index contributed by atoms with van der Waals surface area (Å²) < 4.78 is 32.9. The molecule has 0 amide bonds. The number of ether oxygens (including phenoxy) is 1. The molecule has 6 heteroatoms. The molecule has 0 saturated heterocycles. The molecule has 0 fully saturated rings. The van der Waals surface area contributed by atoms with Crippen molar-refractivity contribution in [2.75, 3.05) is 0 Å². The largest absolute Gasteiger partial charge is 0.374 e. The molecule has 0 atom stereocenters. The minimum Gasteiger partial charge on any atom is -0.374 e. The molecule has 1 N–H and O–H groups in total. The lowest BCUT2D eigenvalue weighted by molar-refractivity contribution is 0.0652. The van der Waals surface area contributed by atoms with Crippen LogP contribution in [0, 0.1) is 11.3 Å². The van der Waals surface area contributed by atoms with E-state index in [1.165, 1.54) is 24.3 Å². The number of rotatable bonds is 7. The third kappa shape index (κ3) is 4.90. The van der Waals surface area contributed by atoms with Crippen LogP contribution in [-0.4, -0.2) is 14.5 Å². The minimum atomic E-state index is -3.63. The fraction of sp³-hybridized carbons (Fsp3) is 0.278. The van der Waals surface area contributed by atoms with E-state index in [0.29, 0.717) is 12.2 Å². The number of nitrogens with one attached hydrogen (secondary N) is 1. The monoisotopic (exact) mass is 344 g/mol. The molecule has 0 aliphatic carbocycles. The van der Waals surface area contributed by atoms with Gasteiger partial charge in [0.05, 0.1) is 29.2 Å². The van der Waals surface area contributed by atoms with Crippen LogP contribution in [0.3, 0.4) is 0 Å². The van der Waals surface area contributed by atoms with Gasteiger partial charge in [-0.15, -0.1) is 0 Å². The topological polar surface area (TPSA) is 79.2 Å². The Morgan fingerprint density at radius 3 is 2.29 bits per heavy atom. The minimum absolute atomic E-state index is 0.105. The summed E-state index contributed by atoms with van der Waals surface area (Å²) in [5, 5.41) is 8.78. The van der Waals surface area contributed by atoms with Crippen molar-refractivity contribution in [1.82, 2.24) is 4.72 Å². The van der Waals surface area contributed by atoms with Gasteiger partial charge in [0.2, 0.25) is 10.0 Å². The van der Waals surface area contributed by atoms with Gasteiger partial charge >= 0.3 is 0 Å². The van der Waals surface area contributed by atoms with Gasteiger partial charge in [0, 0.05) is 6.54 Å². The Morgan fingerprint density at radius 1 is 1.08 bits per heavy atom. The lowest BCUT2D eigenvalue weighted by atomic mass is 10.1. The standard InChI is InChI=1S/C18H20N2O3S/c1-14(2)23-13-17-6-4-3-5-16(17)12-20-24(21,22)18-9-7-15(11-19)8-10-18/h3-10,14,20H,12-13H2,1-2H3. The maximum Gasteiger partial charge on any atom is 0.240 e. The van der Waals surface area contributed by atoms with Gasteiger partial charge in [0.15, 0.2) is 0 Å². The van der Waals surface area contributed by atoms with Crippen LogP contribution in [0.5, 0.6) is 0 Å². The van der Waals surface area contributed by atoms with E-state index in [4.69, 9.17) is 10.00 Å². The Hall–Kier alpha value is -2.20. The van der Waals surface area contributed by atoms with Crippen LogP contribution in [-0.2, 0) is 27.9 Å². The van der Waals surface area contributed by atoms with Crippen molar-refractivity contribution in [2.45, 2.75) is 38.0 Å². The Morgan fingerprint density at radius 2 is 1.71 bits per heavy atom. The lowest BCUT2D eigenvalue weighted by Gasteiger charge is -2.13. The summed E-state index contributed by atoms with van der Waals surface area (Å²) in [6.45, 7) is 4.53. The number of nitrogens with zero attached hydrogens (tertiary/aromatic N) is 1. The van der Waals surface area contributed by atoms with E-state index in [2.05, 4.69) is 4.72 Å². The average Bonchev–Trinajstić information content (AvgIpc) is 2.59. The highest BCUT2D eigenvalue weighted by atomic mass is 32.2. The van der Waals surface area contributed by atoms with Gasteiger partial charge in [-0.2, -0.15) is 5.26 Å². The van der Waals surface area contributed by atoms with Crippen LogP contribution in [0.4, 0.5) is 0 Å². The molecule has 2 aromatic carbocycles. The fourth-order valence-electron chi connectivity index (χ4n) is 2.09. The second-order valence-corrected chi connectivity index (χ2v) is 7.36. The van der Waals surface area contributed by atoms with Gasteiger partial charge in [-0.05, 0) is 49.2 Å². The van der Waals surface area contributed by atoms with Crippen molar-refractivity contribution in [3.8, 4) is 6.07 Å². The van der Waals surface area contributed by atoms with Gasteiger partial charge in [0.1, 0.15) is 0 Å². The molecule has 5 nitrogen and oxygen atoms in total. The van der Waals surface area contributed by atoms with Crippen LogP contribution in [0.2, 0.25) is 0 Å². The smallest absolute Gasteiger partial charge is 0.240 e. The van der Waals surface area contributed by atoms with Crippen molar-refractivity contribution in [3.63, 3.8) is 0 Å². The summed E-state index contributed by atoms with van der Waals surface area (Å²) in [4.78, 5) is 0.136. The van der Waals surface area contributed by atoms with Gasteiger partial charge in [-0.25, -0.2) is 13.1 Å². The van der Waals surface area contributed by atoms with Crippen LogP contribution < -0.4 is 4.72 Å². The SMILES string of the molecule is CC(C)OCc1ccccc1CNS(=O)(=O)c1ccc(C#N)cc1. The second-order valence-electron chi connectivity index (χ2n) is 5.59. The van der Waals surface area contributed by atoms with Crippen LogP contribution in [0.1, 0.15) is 30.5 Å². The Balaban J connectivity index is 2.10. The highest BCUT2D eigenvalue weighted by Gasteiger charge is 2.14. The molecule has 0 spiro atoms. The fourth-order valence-corrected chi connectivity index (χ4v) is 3.10. The molecule has 0 unspecified atom stereocenters. The van der Waals surface area contributed by atoms with Crippen molar-refractivity contribution in [2.24, 2.45) is 0 Å². The van der Waals surface area contributed by atoms with Crippen LogP contribution in [0.25, 0.3) is 0 Å². The molecule has 0 radical (unpaired) electrons. The lowest BCUT2D eigenvalue weighted by Crippen LogP contribution is -2.24. The van der Waals surface area contributed by atoms with E-state index in [-0.39, 0.29) is 17.5 Å². The van der Waals surface area contributed by atoms with E-state index in [1.54, 1.807) is 0 Å². The van der Waals surface area contributed by atoms with Gasteiger partial charge < -0.3 is 4.74 Å². The molecule has 0 aromatic heterocycles. The van der Waals surface area contributed by atoms with Gasteiger partial charge in [-0.3, -0.25) is 0 Å². The summed E-state index contributed by atoms with van der Waals surface area (Å²) in [6.07, 6.45) is 0.105. The maximum absolute atomic E-state index is 12.4. The quantitative estimate of drug-likeness (QED) is 0.837. The normalized spacial score (nSPS) is 11.4. The zero-order valence-electron chi connectivity index (χ0n) is 13.7. The predicted molar refractivity (Wildman–Crippen MR) is 91.5 cm³/mol. The number of hydrogen-bond acceptors (Lipinski definition) is 4. The first-order chi connectivity index (χ1) is 11.4. The molecule has 24 heavy (non-hydrogen) atoms. The van der Waals surface area contributed by atoms with Crippen molar-refractivity contribution >= 4 is 10.0 Å². The highest BCUT2D eigenvalue weighted by molar-refractivity contribution is 7.89. The highest BCUT2D eigenvalue weighted by Crippen LogP contribution is 2.14. The first-order valence-electron chi connectivity index (χ1n) is 7.60. The first-order valence-corrected chi connectivity index (χ1v) is 9.09. The maximum atomic E-state index is 12.4. The van der Waals surface area contributed by atoms with E-state index >= 15 is 0 Å². The number of nitriles is 1. The summed E-state index contributed by atoms with van der Waals surface area (Å²) in [6, 6.07) is 15.4.